The Labute approximate surface area is 150 Å². The van der Waals surface area contributed by atoms with E-state index in [2.05, 4.69) is 38.5 Å². The molecule has 1 aliphatic rings. The lowest BCUT2D eigenvalue weighted by atomic mass is 9.96. The minimum Gasteiger partial charge on any atom is -0.504 e. The molecule has 0 bridgehead atoms. The quantitative estimate of drug-likeness (QED) is 0.750. The van der Waals surface area contributed by atoms with E-state index < -0.39 is 0 Å². The number of pyridine rings is 1. The first-order chi connectivity index (χ1) is 11.2. The van der Waals surface area contributed by atoms with Crippen LogP contribution in [0.5, 0.6) is 11.5 Å². The second-order valence-electron chi connectivity index (χ2n) is 5.90. The summed E-state index contributed by atoms with van der Waals surface area (Å²) >= 11 is 2.15. The Kier molecular flexibility index (Phi) is 5.38. The summed E-state index contributed by atoms with van der Waals surface area (Å²) in [5, 5.41) is 10.0. The molecule has 1 atom stereocenters. The van der Waals surface area contributed by atoms with Gasteiger partial charge in [0, 0.05) is 25.0 Å². The average molecular weight is 424 g/mol. The highest BCUT2D eigenvalue weighted by Gasteiger charge is 2.24. The number of hydrogen-bond donors (Lipinski definition) is 1. The van der Waals surface area contributed by atoms with Crippen molar-refractivity contribution in [3.63, 3.8) is 0 Å². The van der Waals surface area contributed by atoms with Crippen LogP contribution in [0.4, 0.5) is 0 Å². The molecule has 2 heterocycles. The van der Waals surface area contributed by atoms with Gasteiger partial charge in [0.1, 0.15) is 0 Å². The molecular weight excluding hydrogens is 403 g/mol. The number of phenols is 1. The van der Waals surface area contributed by atoms with Crippen molar-refractivity contribution in [2.24, 2.45) is 0 Å². The van der Waals surface area contributed by atoms with Crippen molar-refractivity contribution in [1.29, 1.82) is 0 Å². The molecule has 0 saturated carbocycles. The summed E-state index contributed by atoms with van der Waals surface area (Å²) in [5.41, 5.74) is 2.45. The van der Waals surface area contributed by atoms with Gasteiger partial charge in [0.25, 0.3) is 0 Å². The van der Waals surface area contributed by atoms with Crippen molar-refractivity contribution in [3.8, 4) is 11.5 Å². The smallest absolute Gasteiger partial charge is 0.171 e. The Morgan fingerprint density at radius 3 is 3.00 bits per heavy atom. The third-order valence-corrected chi connectivity index (χ3v) is 5.20. The Bertz CT molecular complexity index is 664. The highest BCUT2D eigenvalue weighted by molar-refractivity contribution is 14.1. The SMILES string of the molecule is COc1cc(CN2CCCCC2c2cccnc2)cc(I)c1O. The molecule has 4 nitrogen and oxygen atoms in total. The van der Waals surface area contributed by atoms with Crippen molar-refractivity contribution in [3.05, 3.63) is 51.4 Å². The maximum absolute atomic E-state index is 10.0. The normalized spacial score (nSPS) is 18.8. The number of aromatic hydroxyl groups is 1. The highest BCUT2D eigenvalue weighted by atomic mass is 127. The van der Waals surface area contributed by atoms with Crippen LogP contribution in [-0.2, 0) is 6.54 Å². The van der Waals surface area contributed by atoms with Crippen molar-refractivity contribution >= 4 is 22.6 Å². The van der Waals surface area contributed by atoms with Crippen LogP contribution >= 0.6 is 22.6 Å². The molecule has 2 aromatic rings. The van der Waals surface area contributed by atoms with Crippen molar-refractivity contribution in [1.82, 2.24) is 9.88 Å². The lowest BCUT2D eigenvalue weighted by molar-refractivity contribution is 0.140. The monoisotopic (exact) mass is 424 g/mol. The molecule has 23 heavy (non-hydrogen) atoms. The molecule has 0 aliphatic carbocycles. The molecule has 1 saturated heterocycles. The lowest BCUT2D eigenvalue weighted by Crippen LogP contribution is -2.33. The number of hydrogen-bond acceptors (Lipinski definition) is 4. The zero-order valence-corrected chi connectivity index (χ0v) is 15.4. The number of methoxy groups -OCH3 is 1. The van der Waals surface area contributed by atoms with E-state index in [4.69, 9.17) is 4.74 Å². The predicted molar refractivity (Wildman–Crippen MR) is 98.6 cm³/mol. The van der Waals surface area contributed by atoms with Crippen LogP contribution in [0.15, 0.2) is 36.7 Å². The van der Waals surface area contributed by atoms with Crippen LogP contribution in [0.1, 0.15) is 36.4 Å². The molecule has 1 aliphatic heterocycles. The van der Waals surface area contributed by atoms with E-state index in [0.29, 0.717) is 11.8 Å². The molecule has 0 spiro atoms. The molecule has 0 radical (unpaired) electrons. The molecule has 1 N–H and O–H groups in total. The van der Waals surface area contributed by atoms with Crippen LogP contribution in [0.25, 0.3) is 0 Å². The maximum atomic E-state index is 10.0. The average Bonchev–Trinajstić information content (AvgIpc) is 2.59. The summed E-state index contributed by atoms with van der Waals surface area (Å²) < 4.78 is 6.11. The summed E-state index contributed by atoms with van der Waals surface area (Å²) in [6.07, 6.45) is 7.45. The number of rotatable bonds is 4. The third-order valence-electron chi connectivity index (χ3n) is 4.38. The first-order valence-electron chi connectivity index (χ1n) is 7.88. The van der Waals surface area contributed by atoms with Gasteiger partial charge in [-0.05, 0) is 71.3 Å². The van der Waals surface area contributed by atoms with Crippen molar-refractivity contribution in [2.75, 3.05) is 13.7 Å². The number of piperidine rings is 1. The largest absolute Gasteiger partial charge is 0.504 e. The zero-order valence-electron chi connectivity index (χ0n) is 13.2. The van der Waals surface area contributed by atoms with E-state index in [0.717, 1.165) is 23.1 Å². The first kappa shape index (κ1) is 16.5. The van der Waals surface area contributed by atoms with Gasteiger partial charge in [-0.2, -0.15) is 0 Å². The van der Waals surface area contributed by atoms with Crippen molar-refractivity contribution < 1.29 is 9.84 Å². The topological polar surface area (TPSA) is 45.6 Å². The number of halogens is 1. The Morgan fingerprint density at radius 2 is 2.26 bits per heavy atom. The van der Waals surface area contributed by atoms with Crippen LogP contribution in [-0.4, -0.2) is 28.6 Å². The van der Waals surface area contributed by atoms with Gasteiger partial charge in [-0.25, -0.2) is 0 Å². The van der Waals surface area contributed by atoms with E-state index in [1.807, 2.05) is 30.6 Å². The fraction of sp³-hybridized carbons (Fsp3) is 0.389. The zero-order chi connectivity index (χ0) is 16.2. The van der Waals surface area contributed by atoms with Gasteiger partial charge < -0.3 is 9.84 Å². The summed E-state index contributed by atoms with van der Waals surface area (Å²) in [5.74, 6) is 0.765. The molecule has 122 valence electrons. The Balaban J connectivity index is 1.84. The number of aromatic nitrogens is 1. The number of nitrogens with zero attached hydrogens (tertiary/aromatic N) is 2. The number of benzene rings is 1. The molecule has 1 aromatic heterocycles. The molecule has 1 aromatic carbocycles. The van der Waals surface area contributed by atoms with Gasteiger partial charge >= 0.3 is 0 Å². The molecule has 0 amide bonds. The Morgan fingerprint density at radius 1 is 1.39 bits per heavy atom. The predicted octanol–water partition coefficient (Wildman–Crippen LogP) is 4.13. The molecule has 1 fully saturated rings. The first-order valence-corrected chi connectivity index (χ1v) is 8.96. The number of phenolic OH excluding ortho intramolecular Hbond substituents is 1. The van der Waals surface area contributed by atoms with Gasteiger partial charge in [0.05, 0.1) is 10.7 Å². The number of ether oxygens (including phenoxy) is 1. The van der Waals surface area contributed by atoms with Gasteiger partial charge in [0.15, 0.2) is 11.5 Å². The van der Waals surface area contributed by atoms with Gasteiger partial charge in [-0.15, -0.1) is 0 Å². The van der Waals surface area contributed by atoms with Crippen LogP contribution < -0.4 is 4.74 Å². The highest BCUT2D eigenvalue weighted by Crippen LogP contribution is 2.35. The maximum Gasteiger partial charge on any atom is 0.171 e. The van der Waals surface area contributed by atoms with Crippen LogP contribution in [0.3, 0.4) is 0 Å². The molecule has 5 heteroatoms. The minimum atomic E-state index is 0.222. The van der Waals surface area contributed by atoms with E-state index in [1.165, 1.54) is 24.0 Å². The van der Waals surface area contributed by atoms with Crippen LogP contribution in [0.2, 0.25) is 0 Å². The third kappa shape index (κ3) is 3.77. The fourth-order valence-electron chi connectivity index (χ4n) is 3.24. The second kappa shape index (κ2) is 7.49. The van der Waals surface area contributed by atoms with Crippen LogP contribution in [0, 0.1) is 3.57 Å². The van der Waals surface area contributed by atoms with Gasteiger partial charge in [-0.1, -0.05) is 12.5 Å². The van der Waals surface area contributed by atoms with Gasteiger partial charge in [0.2, 0.25) is 0 Å². The fourth-order valence-corrected chi connectivity index (χ4v) is 3.91. The second-order valence-corrected chi connectivity index (χ2v) is 7.06. The summed E-state index contributed by atoms with van der Waals surface area (Å²) in [4.78, 5) is 6.78. The van der Waals surface area contributed by atoms with E-state index in [-0.39, 0.29) is 5.75 Å². The minimum absolute atomic E-state index is 0.222. The van der Waals surface area contributed by atoms with E-state index >= 15 is 0 Å². The van der Waals surface area contributed by atoms with E-state index in [9.17, 15) is 5.11 Å². The molecule has 3 rings (SSSR count). The summed E-state index contributed by atoms with van der Waals surface area (Å²) in [6.45, 7) is 1.94. The van der Waals surface area contributed by atoms with E-state index in [1.54, 1.807) is 7.11 Å². The Hall–Kier alpha value is -1.34. The molecule has 1 unspecified atom stereocenters. The standard InChI is InChI=1S/C18H21IN2O2/c1-23-17-10-13(9-15(19)18(17)22)12-21-8-3-2-6-16(21)14-5-4-7-20-11-14/h4-5,7,9-11,16,22H,2-3,6,8,12H2,1H3. The lowest BCUT2D eigenvalue weighted by Gasteiger charge is -2.36. The van der Waals surface area contributed by atoms with Gasteiger partial charge in [-0.3, -0.25) is 9.88 Å². The summed E-state index contributed by atoms with van der Waals surface area (Å²) in [6, 6.07) is 8.56. The number of likely N-dealkylation sites (tertiary alicyclic amines) is 1. The molecular formula is C18H21IN2O2. The summed E-state index contributed by atoms with van der Waals surface area (Å²) in [7, 11) is 1.59. The van der Waals surface area contributed by atoms with Crippen molar-refractivity contribution in [2.45, 2.75) is 31.8 Å².